The highest BCUT2D eigenvalue weighted by atomic mass is 32.1. The maximum Gasteiger partial charge on any atom is 0.222 e. The van der Waals surface area contributed by atoms with Crippen LogP contribution in [0, 0.1) is 0 Å². The van der Waals surface area contributed by atoms with Crippen LogP contribution in [0.25, 0.3) is 0 Å². The first-order valence-electron chi connectivity index (χ1n) is 5.73. The maximum atomic E-state index is 11.7. The largest absolute Gasteiger partial charge is 0.392 e. The van der Waals surface area contributed by atoms with Gasteiger partial charge in [0.15, 0.2) is 0 Å². The topological polar surface area (TPSA) is 55.6 Å². The van der Waals surface area contributed by atoms with Crippen LogP contribution in [0.3, 0.4) is 0 Å². The lowest BCUT2D eigenvalue weighted by Gasteiger charge is -2.23. The number of likely N-dealkylation sites (N-methyl/N-ethyl adjacent to an activating group) is 1. The number of nitrogens with two attached hydrogens (primary N) is 1. The van der Waals surface area contributed by atoms with Crippen molar-refractivity contribution in [2.75, 3.05) is 20.2 Å². The van der Waals surface area contributed by atoms with Crippen LogP contribution in [0.2, 0.25) is 0 Å². The summed E-state index contributed by atoms with van der Waals surface area (Å²) < 4.78 is 5.57. The molecule has 0 aliphatic carbocycles. The molecule has 0 spiro atoms. The van der Waals surface area contributed by atoms with E-state index >= 15 is 0 Å². The van der Waals surface area contributed by atoms with Gasteiger partial charge in [-0.3, -0.25) is 4.79 Å². The Bertz CT molecular complexity index is 252. The molecule has 1 fully saturated rings. The molecule has 1 rings (SSSR count). The van der Waals surface area contributed by atoms with Gasteiger partial charge in [-0.2, -0.15) is 0 Å². The average molecular weight is 244 g/mol. The van der Waals surface area contributed by atoms with E-state index in [2.05, 4.69) is 0 Å². The first-order valence-corrected chi connectivity index (χ1v) is 6.14. The van der Waals surface area contributed by atoms with E-state index in [1.807, 2.05) is 0 Å². The normalized spacial score (nSPS) is 20.4. The number of amides is 1. The van der Waals surface area contributed by atoms with E-state index in [-0.39, 0.29) is 12.0 Å². The van der Waals surface area contributed by atoms with Crippen molar-refractivity contribution in [3.63, 3.8) is 0 Å². The summed E-state index contributed by atoms with van der Waals surface area (Å²) in [6, 6.07) is 0. The lowest BCUT2D eigenvalue weighted by molar-refractivity contribution is -0.130. The van der Waals surface area contributed by atoms with Gasteiger partial charge in [-0.25, -0.2) is 0 Å². The Morgan fingerprint density at radius 2 is 2.31 bits per heavy atom. The first kappa shape index (κ1) is 13.4. The van der Waals surface area contributed by atoms with Gasteiger partial charge in [0.25, 0.3) is 0 Å². The molecule has 0 saturated carbocycles. The fourth-order valence-electron chi connectivity index (χ4n) is 1.83. The Morgan fingerprint density at radius 1 is 1.56 bits per heavy atom. The van der Waals surface area contributed by atoms with E-state index in [0.717, 1.165) is 25.9 Å². The third-order valence-corrected chi connectivity index (χ3v) is 2.90. The van der Waals surface area contributed by atoms with Crippen molar-refractivity contribution >= 4 is 23.1 Å². The summed E-state index contributed by atoms with van der Waals surface area (Å²) >= 11 is 4.76. The third-order valence-electron chi connectivity index (χ3n) is 2.77. The molecule has 1 aliphatic rings. The predicted molar refractivity (Wildman–Crippen MR) is 67.2 cm³/mol. The molecule has 1 aliphatic heterocycles. The molecule has 0 aromatic rings. The third kappa shape index (κ3) is 4.90. The minimum atomic E-state index is 0.0852. The fourth-order valence-corrected chi connectivity index (χ4v) is 2.03. The SMILES string of the molecule is CN(CC(N)=S)C(=O)CCC1CCCCO1. The Labute approximate surface area is 102 Å². The number of ether oxygens (including phenoxy) is 1. The van der Waals surface area contributed by atoms with E-state index in [0.29, 0.717) is 18.0 Å². The Kier molecular flexibility index (Phi) is 5.69. The summed E-state index contributed by atoms with van der Waals surface area (Å²) in [6.45, 7) is 1.20. The van der Waals surface area contributed by atoms with E-state index < -0.39 is 0 Å². The van der Waals surface area contributed by atoms with Gasteiger partial charge < -0.3 is 15.4 Å². The number of carbonyl (C=O) groups is 1. The van der Waals surface area contributed by atoms with Gasteiger partial charge in [0, 0.05) is 20.1 Å². The van der Waals surface area contributed by atoms with Gasteiger partial charge in [0.2, 0.25) is 5.91 Å². The number of carbonyl (C=O) groups excluding carboxylic acids is 1. The van der Waals surface area contributed by atoms with Crippen molar-refractivity contribution in [1.29, 1.82) is 0 Å². The molecule has 4 nitrogen and oxygen atoms in total. The Hall–Kier alpha value is -0.680. The second kappa shape index (κ2) is 6.81. The fraction of sp³-hybridized carbons (Fsp3) is 0.818. The second-order valence-corrected chi connectivity index (χ2v) is 4.77. The predicted octanol–water partition coefficient (Wildman–Crippen LogP) is 1.08. The number of hydrogen-bond acceptors (Lipinski definition) is 3. The van der Waals surface area contributed by atoms with E-state index in [1.165, 1.54) is 6.42 Å². The summed E-state index contributed by atoms with van der Waals surface area (Å²) in [4.78, 5) is 13.6. The highest BCUT2D eigenvalue weighted by Crippen LogP contribution is 2.17. The molecular weight excluding hydrogens is 224 g/mol. The summed E-state index contributed by atoms with van der Waals surface area (Å²) in [7, 11) is 1.73. The van der Waals surface area contributed by atoms with Crippen LogP contribution < -0.4 is 5.73 Å². The Balaban J connectivity index is 2.20. The van der Waals surface area contributed by atoms with Crippen molar-refractivity contribution < 1.29 is 9.53 Å². The number of nitrogens with zero attached hydrogens (tertiary/aromatic N) is 1. The zero-order valence-electron chi connectivity index (χ0n) is 9.78. The van der Waals surface area contributed by atoms with Gasteiger partial charge in [-0.1, -0.05) is 12.2 Å². The molecule has 1 atom stereocenters. The molecule has 5 heteroatoms. The molecule has 0 bridgehead atoms. The van der Waals surface area contributed by atoms with Gasteiger partial charge in [-0.15, -0.1) is 0 Å². The lowest BCUT2D eigenvalue weighted by atomic mass is 10.0. The summed E-state index contributed by atoms with van der Waals surface area (Å²) in [5.74, 6) is 0.0852. The van der Waals surface area contributed by atoms with Gasteiger partial charge in [-0.05, 0) is 25.7 Å². The molecule has 2 N–H and O–H groups in total. The average Bonchev–Trinajstić information content (AvgIpc) is 2.26. The Morgan fingerprint density at radius 3 is 2.88 bits per heavy atom. The molecule has 1 amide bonds. The monoisotopic (exact) mass is 244 g/mol. The van der Waals surface area contributed by atoms with Gasteiger partial charge >= 0.3 is 0 Å². The van der Waals surface area contributed by atoms with Crippen molar-refractivity contribution in [2.24, 2.45) is 5.73 Å². The van der Waals surface area contributed by atoms with Crippen LogP contribution >= 0.6 is 12.2 Å². The second-order valence-electron chi connectivity index (χ2n) is 4.24. The summed E-state index contributed by atoms with van der Waals surface area (Å²) in [6.07, 6.45) is 5.01. The molecule has 0 aromatic carbocycles. The first-order chi connectivity index (χ1) is 7.59. The zero-order chi connectivity index (χ0) is 12.0. The van der Waals surface area contributed by atoms with Crippen LogP contribution in [-0.2, 0) is 9.53 Å². The van der Waals surface area contributed by atoms with Gasteiger partial charge in [0.1, 0.15) is 0 Å². The van der Waals surface area contributed by atoms with Crippen molar-refractivity contribution in [1.82, 2.24) is 4.90 Å². The summed E-state index contributed by atoms with van der Waals surface area (Å²) in [5.41, 5.74) is 5.38. The summed E-state index contributed by atoms with van der Waals surface area (Å²) in [5, 5.41) is 0. The minimum Gasteiger partial charge on any atom is -0.392 e. The molecule has 1 unspecified atom stereocenters. The number of thiocarbonyl (C=S) groups is 1. The highest BCUT2D eigenvalue weighted by molar-refractivity contribution is 7.80. The lowest BCUT2D eigenvalue weighted by Crippen LogP contribution is -2.35. The molecule has 1 heterocycles. The smallest absolute Gasteiger partial charge is 0.222 e. The molecule has 0 aromatic heterocycles. The van der Waals surface area contributed by atoms with Crippen LogP contribution in [0.15, 0.2) is 0 Å². The molecular formula is C11H20N2O2S. The number of hydrogen-bond donors (Lipinski definition) is 1. The quantitative estimate of drug-likeness (QED) is 0.735. The zero-order valence-corrected chi connectivity index (χ0v) is 10.6. The van der Waals surface area contributed by atoms with Crippen molar-refractivity contribution in [2.45, 2.75) is 38.2 Å². The van der Waals surface area contributed by atoms with E-state index in [9.17, 15) is 4.79 Å². The molecule has 92 valence electrons. The molecule has 1 saturated heterocycles. The van der Waals surface area contributed by atoms with E-state index in [1.54, 1.807) is 11.9 Å². The minimum absolute atomic E-state index is 0.0852. The van der Waals surface area contributed by atoms with Crippen LogP contribution in [0.4, 0.5) is 0 Å². The standard InChI is InChI=1S/C11H20N2O2S/c1-13(8-10(12)16)11(14)6-5-9-4-2-3-7-15-9/h9H,2-8H2,1H3,(H2,12,16). The maximum absolute atomic E-state index is 11.7. The van der Waals surface area contributed by atoms with Gasteiger partial charge in [0.05, 0.1) is 17.6 Å². The van der Waals surface area contributed by atoms with Crippen molar-refractivity contribution in [3.05, 3.63) is 0 Å². The molecule has 16 heavy (non-hydrogen) atoms. The van der Waals surface area contributed by atoms with E-state index in [4.69, 9.17) is 22.7 Å². The van der Waals surface area contributed by atoms with Crippen LogP contribution in [0.1, 0.15) is 32.1 Å². The molecule has 0 radical (unpaired) electrons. The highest BCUT2D eigenvalue weighted by Gasteiger charge is 2.16. The van der Waals surface area contributed by atoms with Crippen LogP contribution in [0.5, 0.6) is 0 Å². The van der Waals surface area contributed by atoms with Crippen molar-refractivity contribution in [3.8, 4) is 0 Å². The van der Waals surface area contributed by atoms with Crippen LogP contribution in [-0.4, -0.2) is 42.1 Å². The number of rotatable bonds is 5.